The molecule has 0 aromatic heterocycles. The molecule has 122 valence electrons. The van der Waals surface area contributed by atoms with Crippen LogP contribution in [0.15, 0.2) is 29.2 Å². The van der Waals surface area contributed by atoms with E-state index in [1.807, 2.05) is 0 Å². The molecule has 0 unspecified atom stereocenters. The largest absolute Gasteiger partial charge is 0.491 e. The van der Waals surface area contributed by atoms with Gasteiger partial charge in [0.05, 0.1) is 24.2 Å². The maximum atomic E-state index is 12.5. The summed E-state index contributed by atoms with van der Waals surface area (Å²) in [6, 6.07) is 6.58. The van der Waals surface area contributed by atoms with Crippen LogP contribution in [0.3, 0.4) is 0 Å². The van der Waals surface area contributed by atoms with E-state index in [4.69, 9.17) is 14.2 Å². The minimum atomic E-state index is -3.44. The monoisotopic (exact) mass is 327 g/mol. The molecule has 0 aliphatic carbocycles. The van der Waals surface area contributed by atoms with Crippen molar-refractivity contribution in [2.45, 2.75) is 23.8 Å². The van der Waals surface area contributed by atoms with E-state index in [0.717, 1.165) is 19.4 Å². The Bertz CT molecular complexity index is 574. The van der Waals surface area contributed by atoms with Gasteiger partial charge in [-0.25, -0.2) is 8.42 Å². The number of morpholine rings is 1. The van der Waals surface area contributed by atoms with Gasteiger partial charge in [-0.3, -0.25) is 0 Å². The lowest BCUT2D eigenvalue weighted by Crippen LogP contribution is -2.40. The molecule has 0 spiro atoms. The highest BCUT2D eigenvalue weighted by Crippen LogP contribution is 2.21. The van der Waals surface area contributed by atoms with Crippen molar-refractivity contribution < 1.29 is 22.6 Å². The topological polar surface area (TPSA) is 65.1 Å². The van der Waals surface area contributed by atoms with E-state index in [0.29, 0.717) is 43.6 Å². The Labute approximate surface area is 131 Å². The van der Waals surface area contributed by atoms with Gasteiger partial charge in [-0.15, -0.1) is 0 Å². The highest BCUT2D eigenvalue weighted by Gasteiger charge is 2.26. The van der Waals surface area contributed by atoms with Gasteiger partial charge in [-0.2, -0.15) is 4.31 Å². The Balaban J connectivity index is 1.62. The summed E-state index contributed by atoms with van der Waals surface area (Å²) in [6.07, 6.45) is 2.24. The summed E-state index contributed by atoms with van der Waals surface area (Å²) in [4.78, 5) is 0.291. The quantitative estimate of drug-likeness (QED) is 0.815. The Morgan fingerprint density at radius 1 is 1.14 bits per heavy atom. The fourth-order valence-corrected chi connectivity index (χ4v) is 4.02. The highest BCUT2D eigenvalue weighted by atomic mass is 32.2. The third-order valence-corrected chi connectivity index (χ3v) is 5.80. The van der Waals surface area contributed by atoms with Gasteiger partial charge in [0.1, 0.15) is 12.4 Å². The molecular weight excluding hydrogens is 306 g/mol. The van der Waals surface area contributed by atoms with E-state index in [2.05, 4.69) is 0 Å². The zero-order valence-electron chi connectivity index (χ0n) is 12.4. The van der Waals surface area contributed by atoms with Gasteiger partial charge in [-0.1, -0.05) is 0 Å². The van der Waals surface area contributed by atoms with Crippen LogP contribution in [-0.4, -0.2) is 58.3 Å². The number of hydrogen-bond donors (Lipinski definition) is 0. The maximum Gasteiger partial charge on any atom is 0.243 e. The molecule has 0 saturated carbocycles. The van der Waals surface area contributed by atoms with Gasteiger partial charge >= 0.3 is 0 Å². The molecule has 0 N–H and O–H groups in total. The lowest BCUT2D eigenvalue weighted by molar-refractivity contribution is 0.0679. The predicted molar refractivity (Wildman–Crippen MR) is 80.5 cm³/mol. The number of rotatable bonds is 5. The SMILES string of the molecule is O=S(=O)(c1ccc(OC[C@H]2CCCO2)cc1)N1CCOCC1. The van der Waals surface area contributed by atoms with Gasteiger partial charge < -0.3 is 14.2 Å². The summed E-state index contributed by atoms with van der Waals surface area (Å²) in [5, 5.41) is 0. The van der Waals surface area contributed by atoms with Crippen LogP contribution in [0, 0.1) is 0 Å². The fourth-order valence-electron chi connectivity index (χ4n) is 2.61. The minimum absolute atomic E-state index is 0.150. The van der Waals surface area contributed by atoms with Crippen LogP contribution in [-0.2, 0) is 19.5 Å². The van der Waals surface area contributed by atoms with Crippen molar-refractivity contribution in [3.63, 3.8) is 0 Å². The lowest BCUT2D eigenvalue weighted by Gasteiger charge is -2.26. The molecule has 22 heavy (non-hydrogen) atoms. The first-order valence-corrected chi connectivity index (χ1v) is 9.02. The summed E-state index contributed by atoms with van der Waals surface area (Å²) in [5.41, 5.74) is 0. The van der Waals surface area contributed by atoms with Gasteiger partial charge in [0.15, 0.2) is 0 Å². The first-order valence-electron chi connectivity index (χ1n) is 7.58. The average Bonchev–Trinajstić information content (AvgIpc) is 3.08. The van der Waals surface area contributed by atoms with Crippen molar-refractivity contribution in [2.24, 2.45) is 0 Å². The van der Waals surface area contributed by atoms with Crippen molar-refractivity contribution in [3.05, 3.63) is 24.3 Å². The van der Waals surface area contributed by atoms with Crippen LogP contribution in [0.1, 0.15) is 12.8 Å². The third kappa shape index (κ3) is 3.60. The Hall–Kier alpha value is -1.15. The molecule has 1 aromatic rings. The third-order valence-electron chi connectivity index (χ3n) is 3.89. The molecular formula is C15H21NO5S. The Morgan fingerprint density at radius 2 is 1.86 bits per heavy atom. The molecule has 0 radical (unpaired) electrons. The molecule has 2 aliphatic rings. The molecule has 1 atom stereocenters. The van der Waals surface area contributed by atoms with Crippen molar-refractivity contribution in [2.75, 3.05) is 39.5 Å². The van der Waals surface area contributed by atoms with Crippen molar-refractivity contribution in [1.82, 2.24) is 4.31 Å². The maximum absolute atomic E-state index is 12.5. The first-order chi connectivity index (χ1) is 10.7. The number of benzene rings is 1. The van der Waals surface area contributed by atoms with Crippen LogP contribution < -0.4 is 4.74 Å². The Kier molecular flexibility index (Phi) is 4.97. The standard InChI is InChI=1S/C15H21NO5S/c17-22(18,16-7-10-19-11-8-16)15-5-3-13(4-6-15)21-12-14-2-1-9-20-14/h3-6,14H,1-2,7-12H2/t14-/m1/s1. The van der Waals surface area contributed by atoms with Crippen LogP contribution in [0.4, 0.5) is 0 Å². The van der Waals surface area contributed by atoms with E-state index >= 15 is 0 Å². The summed E-state index contributed by atoms with van der Waals surface area (Å²) in [7, 11) is -3.44. The van der Waals surface area contributed by atoms with E-state index in [1.165, 1.54) is 4.31 Å². The molecule has 2 saturated heterocycles. The minimum Gasteiger partial charge on any atom is -0.491 e. The smallest absolute Gasteiger partial charge is 0.243 e. The summed E-state index contributed by atoms with van der Waals surface area (Å²) in [6.45, 7) is 3.00. The van der Waals surface area contributed by atoms with E-state index in [-0.39, 0.29) is 6.10 Å². The molecule has 3 rings (SSSR count). The first kappa shape index (κ1) is 15.7. The fraction of sp³-hybridized carbons (Fsp3) is 0.600. The molecule has 6 nitrogen and oxygen atoms in total. The van der Waals surface area contributed by atoms with Crippen molar-refractivity contribution >= 4 is 10.0 Å². The second-order valence-corrected chi connectivity index (χ2v) is 7.37. The normalized spacial score (nSPS) is 23.5. The van der Waals surface area contributed by atoms with Crippen molar-refractivity contribution in [3.8, 4) is 5.75 Å². The van der Waals surface area contributed by atoms with Gasteiger partial charge in [0, 0.05) is 19.7 Å². The van der Waals surface area contributed by atoms with Gasteiger partial charge in [-0.05, 0) is 37.1 Å². The van der Waals surface area contributed by atoms with Crippen LogP contribution >= 0.6 is 0 Å². The van der Waals surface area contributed by atoms with E-state index in [9.17, 15) is 8.42 Å². The van der Waals surface area contributed by atoms with Crippen LogP contribution in [0.25, 0.3) is 0 Å². The molecule has 2 aliphatic heterocycles. The lowest BCUT2D eigenvalue weighted by atomic mass is 10.2. The zero-order valence-corrected chi connectivity index (χ0v) is 13.3. The van der Waals surface area contributed by atoms with Crippen molar-refractivity contribution in [1.29, 1.82) is 0 Å². The summed E-state index contributed by atoms with van der Waals surface area (Å²) >= 11 is 0. The number of sulfonamides is 1. The molecule has 0 bridgehead atoms. The molecule has 0 amide bonds. The summed E-state index contributed by atoms with van der Waals surface area (Å²) < 4.78 is 42.7. The van der Waals surface area contributed by atoms with Crippen LogP contribution in [0.2, 0.25) is 0 Å². The second kappa shape index (κ2) is 6.95. The summed E-state index contributed by atoms with van der Waals surface area (Å²) in [5.74, 6) is 0.663. The molecule has 7 heteroatoms. The van der Waals surface area contributed by atoms with Crippen LogP contribution in [0.5, 0.6) is 5.75 Å². The number of nitrogens with zero attached hydrogens (tertiary/aromatic N) is 1. The molecule has 1 aromatic carbocycles. The molecule has 2 fully saturated rings. The number of ether oxygens (including phenoxy) is 3. The van der Waals surface area contributed by atoms with E-state index < -0.39 is 10.0 Å². The zero-order chi connectivity index (χ0) is 15.4. The van der Waals surface area contributed by atoms with Gasteiger partial charge in [0.2, 0.25) is 10.0 Å². The van der Waals surface area contributed by atoms with E-state index in [1.54, 1.807) is 24.3 Å². The average molecular weight is 327 g/mol. The predicted octanol–water partition coefficient (Wildman–Crippen LogP) is 1.27. The second-order valence-electron chi connectivity index (χ2n) is 5.43. The highest BCUT2D eigenvalue weighted by molar-refractivity contribution is 7.89. The molecule has 2 heterocycles. The van der Waals surface area contributed by atoms with Gasteiger partial charge in [0.25, 0.3) is 0 Å². The Morgan fingerprint density at radius 3 is 2.50 bits per heavy atom. The number of hydrogen-bond acceptors (Lipinski definition) is 5.